The minimum Gasteiger partial charge on any atom is -0.309 e. The Bertz CT molecular complexity index is 575. The minimum absolute atomic E-state index is 0.262. The lowest BCUT2D eigenvalue weighted by atomic mass is 9.99. The molecule has 112 valence electrons. The summed E-state index contributed by atoms with van der Waals surface area (Å²) in [6.45, 7) is 2.64. The molecule has 0 amide bonds. The maximum absolute atomic E-state index is 12.4. The molecular formula is C14H19Cl2NO2S. The number of halogens is 2. The lowest BCUT2D eigenvalue weighted by Crippen LogP contribution is -2.40. The molecule has 2 unspecified atom stereocenters. The predicted molar refractivity (Wildman–Crippen MR) is 84.3 cm³/mol. The van der Waals surface area contributed by atoms with Crippen LogP contribution in [0.25, 0.3) is 0 Å². The number of nitrogens with one attached hydrogen (secondary N) is 1. The van der Waals surface area contributed by atoms with Crippen molar-refractivity contribution < 1.29 is 8.42 Å². The van der Waals surface area contributed by atoms with Crippen LogP contribution in [0.1, 0.15) is 37.8 Å². The monoisotopic (exact) mass is 335 g/mol. The van der Waals surface area contributed by atoms with Crippen LogP contribution in [0.5, 0.6) is 0 Å². The second-order valence-electron chi connectivity index (χ2n) is 5.08. The van der Waals surface area contributed by atoms with Gasteiger partial charge in [0.05, 0.1) is 27.1 Å². The number of hydrogen-bond acceptors (Lipinski definition) is 3. The third-order valence-corrected chi connectivity index (χ3v) is 6.86. The third kappa shape index (κ3) is 3.30. The molecule has 3 nitrogen and oxygen atoms in total. The molecule has 0 radical (unpaired) electrons. The molecule has 1 aromatic carbocycles. The Morgan fingerprint density at radius 3 is 2.75 bits per heavy atom. The van der Waals surface area contributed by atoms with Gasteiger partial charge in [-0.2, -0.15) is 0 Å². The van der Waals surface area contributed by atoms with Crippen LogP contribution in [0.15, 0.2) is 18.2 Å². The van der Waals surface area contributed by atoms with E-state index in [0.717, 1.165) is 18.4 Å². The van der Waals surface area contributed by atoms with Crippen molar-refractivity contribution in [1.29, 1.82) is 0 Å². The SMILES string of the molecule is CCNC(c1cccc(Cl)c1Cl)C1CCCCS1(=O)=O. The van der Waals surface area contributed by atoms with Gasteiger partial charge in [0.1, 0.15) is 0 Å². The normalized spacial score (nSPS) is 23.4. The molecule has 2 atom stereocenters. The predicted octanol–water partition coefficient (Wildman–Crippen LogP) is 3.61. The summed E-state index contributed by atoms with van der Waals surface area (Å²) < 4.78 is 24.7. The van der Waals surface area contributed by atoms with Crippen molar-refractivity contribution in [3.8, 4) is 0 Å². The Labute approximate surface area is 130 Å². The third-order valence-electron chi connectivity index (χ3n) is 3.74. The molecule has 1 fully saturated rings. The molecule has 0 bridgehead atoms. The zero-order chi connectivity index (χ0) is 14.8. The smallest absolute Gasteiger partial charge is 0.155 e. The van der Waals surface area contributed by atoms with Crippen LogP contribution in [0, 0.1) is 0 Å². The average molecular weight is 336 g/mol. The Kier molecular flexibility index (Phi) is 5.35. The maximum atomic E-state index is 12.4. The molecular weight excluding hydrogens is 317 g/mol. The van der Waals surface area contributed by atoms with Gasteiger partial charge in [0.25, 0.3) is 0 Å². The summed E-state index contributed by atoms with van der Waals surface area (Å²) in [6, 6.07) is 5.08. The fraction of sp³-hybridized carbons (Fsp3) is 0.571. The second-order valence-corrected chi connectivity index (χ2v) is 8.20. The highest BCUT2D eigenvalue weighted by Crippen LogP contribution is 2.36. The first-order valence-corrected chi connectivity index (χ1v) is 9.33. The minimum atomic E-state index is -3.09. The molecule has 1 aliphatic rings. The summed E-state index contributed by atoms with van der Waals surface area (Å²) in [6.07, 6.45) is 2.35. The van der Waals surface area contributed by atoms with E-state index in [1.54, 1.807) is 6.07 Å². The van der Waals surface area contributed by atoms with E-state index in [9.17, 15) is 8.42 Å². The Morgan fingerprint density at radius 2 is 2.10 bits per heavy atom. The lowest BCUT2D eigenvalue weighted by Gasteiger charge is -2.31. The van der Waals surface area contributed by atoms with Crippen molar-refractivity contribution in [2.75, 3.05) is 12.3 Å². The fourth-order valence-corrected chi connectivity index (χ4v) is 5.29. The van der Waals surface area contributed by atoms with Crippen molar-refractivity contribution >= 4 is 33.0 Å². The van der Waals surface area contributed by atoms with Crippen LogP contribution in [-0.2, 0) is 9.84 Å². The number of sulfone groups is 1. The quantitative estimate of drug-likeness (QED) is 0.914. The highest BCUT2D eigenvalue weighted by atomic mass is 35.5. The van der Waals surface area contributed by atoms with E-state index in [-0.39, 0.29) is 11.8 Å². The van der Waals surface area contributed by atoms with Gasteiger partial charge in [-0.15, -0.1) is 0 Å². The maximum Gasteiger partial charge on any atom is 0.155 e. The highest BCUT2D eigenvalue weighted by Gasteiger charge is 2.36. The first-order chi connectivity index (χ1) is 9.47. The van der Waals surface area contributed by atoms with Gasteiger partial charge < -0.3 is 5.32 Å². The fourth-order valence-electron chi connectivity index (χ4n) is 2.78. The molecule has 20 heavy (non-hydrogen) atoms. The van der Waals surface area contributed by atoms with Crippen LogP contribution in [0.4, 0.5) is 0 Å². The van der Waals surface area contributed by atoms with E-state index in [1.807, 2.05) is 19.1 Å². The van der Waals surface area contributed by atoms with E-state index in [1.165, 1.54) is 0 Å². The largest absolute Gasteiger partial charge is 0.309 e. The molecule has 0 aliphatic carbocycles. The molecule has 1 heterocycles. The molecule has 0 saturated carbocycles. The van der Waals surface area contributed by atoms with Crippen molar-refractivity contribution in [2.24, 2.45) is 0 Å². The lowest BCUT2D eigenvalue weighted by molar-refractivity contribution is 0.454. The molecule has 1 aromatic rings. The first-order valence-electron chi connectivity index (χ1n) is 6.86. The van der Waals surface area contributed by atoms with Crippen LogP contribution in [0.2, 0.25) is 10.0 Å². The highest BCUT2D eigenvalue weighted by molar-refractivity contribution is 7.92. The Balaban J connectivity index is 2.43. The standard InChI is InChI=1S/C14H19Cl2NO2S/c1-2-17-14(10-6-5-7-11(15)13(10)16)12-8-3-4-9-20(12,18)19/h5-7,12,14,17H,2-4,8-9H2,1H3. The van der Waals surface area contributed by atoms with Crippen LogP contribution in [-0.4, -0.2) is 26.0 Å². The van der Waals surface area contributed by atoms with E-state index >= 15 is 0 Å². The van der Waals surface area contributed by atoms with Crippen molar-refractivity contribution in [3.05, 3.63) is 33.8 Å². The summed E-state index contributed by atoms with van der Waals surface area (Å²) in [5.41, 5.74) is 0.775. The summed E-state index contributed by atoms with van der Waals surface area (Å²) in [4.78, 5) is 0. The van der Waals surface area contributed by atoms with Crippen LogP contribution in [0.3, 0.4) is 0 Å². The molecule has 1 saturated heterocycles. The van der Waals surface area contributed by atoms with Gasteiger partial charge in [-0.05, 0) is 31.0 Å². The second kappa shape index (κ2) is 6.65. The average Bonchev–Trinajstić information content (AvgIpc) is 2.40. The van der Waals surface area contributed by atoms with Gasteiger partial charge in [-0.3, -0.25) is 0 Å². The molecule has 1 aliphatic heterocycles. The van der Waals surface area contributed by atoms with E-state index in [2.05, 4.69) is 5.32 Å². The topological polar surface area (TPSA) is 46.2 Å². The number of benzene rings is 1. The van der Waals surface area contributed by atoms with Gasteiger partial charge >= 0.3 is 0 Å². The van der Waals surface area contributed by atoms with Gasteiger partial charge in [0.15, 0.2) is 9.84 Å². The Hall–Kier alpha value is -0.290. The van der Waals surface area contributed by atoms with E-state index in [4.69, 9.17) is 23.2 Å². The van der Waals surface area contributed by atoms with E-state index in [0.29, 0.717) is 23.0 Å². The summed E-state index contributed by atoms with van der Waals surface area (Å²) in [5.74, 6) is 0.262. The van der Waals surface area contributed by atoms with Crippen LogP contribution < -0.4 is 5.32 Å². The molecule has 1 N–H and O–H groups in total. The van der Waals surface area contributed by atoms with Crippen molar-refractivity contribution in [2.45, 2.75) is 37.5 Å². The molecule has 2 rings (SSSR count). The first kappa shape index (κ1) is 16.1. The number of hydrogen-bond donors (Lipinski definition) is 1. The summed E-state index contributed by atoms with van der Waals surface area (Å²) >= 11 is 12.3. The zero-order valence-electron chi connectivity index (χ0n) is 11.4. The van der Waals surface area contributed by atoms with Gasteiger partial charge in [0.2, 0.25) is 0 Å². The Morgan fingerprint density at radius 1 is 1.35 bits per heavy atom. The van der Waals surface area contributed by atoms with Gasteiger partial charge in [0, 0.05) is 0 Å². The molecule has 0 spiro atoms. The van der Waals surface area contributed by atoms with Gasteiger partial charge in [-0.1, -0.05) is 48.7 Å². The van der Waals surface area contributed by atoms with Crippen LogP contribution >= 0.6 is 23.2 Å². The van der Waals surface area contributed by atoms with E-state index < -0.39 is 15.1 Å². The molecule has 0 aromatic heterocycles. The summed E-state index contributed by atoms with van der Waals surface area (Å²) in [7, 11) is -3.09. The van der Waals surface area contributed by atoms with Gasteiger partial charge in [-0.25, -0.2) is 8.42 Å². The number of rotatable bonds is 4. The van der Waals surface area contributed by atoms with Crippen molar-refractivity contribution in [1.82, 2.24) is 5.32 Å². The zero-order valence-corrected chi connectivity index (χ0v) is 13.7. The molecule has 6 heteroatoms. The van der Waals surface area contributed by atoms with Crippen molar-refractivity contribution in [3.63, 3.8) is 0 Å². The summed E-state index contributed by atoms with van der Waals surface area (Å²) in [5, 5.41) is 3.75.